The lowest BCUT2D eigenvalue weighted by Crippen LogP contribution is -2.29. The number of nitrogens with zero attached hydrogens (tertiary/aromatic N) is 1. The summed E-state index contributed by atoms with van der Waals surface area (Å²) in [5, 5.41) is 4.62. The van der Waals surface area contributed by atoms with Gasteiger partial charge in [0.1, 0.15) is 5.58 Å². The number of para-hydroxylation sites is 2. The molecule has 0 radical (unpaired) electrons. The predicted octanol–water partition coefficient (Wildman–Crippen LogP) is 12.6. The van der Waals surface area contributed by atoms with Crippen molar-refractivity contribution in [3.05, 3.63) is 210 Å². The number of hydrogen-bond donors (Lipinski definition) is 0. The maximum atomic E-state index is 7.03. The fourth-order valence-corrected chi connectivity index (χ4v) is 8.37. The topological polar surface area (TPSA) is 16.4 Å². The van der Waals surface area contributed by atoms with E-state index in [1.54, 1.807) is 0 Å². The molecule has 0 bridgehead atoms. The van der Waals surface area contributed by atoms with Gasteiger partial charge in [-0.1, -0.05) is 158 Å². The highest BCUT2D eigenvalue weighted by Gasteiger charge is 2.47. The van der Waals surface area contributed by atoms with Crippen molar-refractivity contribution in [2.75, 3.05) is 4.90 Å². The van der Waals surface area contributed by atoms with E-state index >= 15 is 0 Å². The number of benzene rings is 8. The predicted molar refractivity (Wildman–Crippen MR) is 203 cm³/mol. The summed E-state index contributed by atoms with van der Waals surface area (Å²) in [5.74, 6) is 0. The average molecular weight is 626 g/mol. The molecule has 0 N–H and O–H groups in total. The van der Waals surface area contributed by atoms with Crippen molar-refractivity contribution in [2.24, 2.45) is 0 Å². The third-order valence-electron chi connectivity index (χ3n) is 10.3. The summed E-state index contributed by atoms with van der Waals surface area (Å²) in [6.07, 6.45) is 0. The molecule has 9 aromatic rings. The highest BCUT2D eigenvalue weighted by molar-refractivity contribution is 6.14. The lowest BCUT2D eigenvalue weighted by molar-refractivity contribution is 0.668. The van der Waals surface area contributed by atoms with E-state index in [1.807, 2.05) is 0 Å². The number of hydrogen-bond acceptors (Lipinski definition) is 2. The Morgan fingerprint density at radius 2 is 1.00 bits per heavy atom. The van der Waals surface area contributed by atoms with Crippen LogP contribution in [0.5, 0.6) is 0 Å². The average Bonchev–Trinajstić information content (AvgIpc) is 3.71. The van der Waals surface area contributed by atoms with Crippen molar-refractivity contribution >= 4 is 49.8 Å². The number of anilines is 3. The molecule has 0 unspecified atom stereocenters. The van der Waals surface area contributed by atoms with Crippen LogP contribution in [0.1, 0.15) is 22.3 Å². The fourth-order valence-electron chi connectivity index (χ4n) is 8.37. The van der Waals surface area contributed by atoms with Gasteiger partial charge in [0.05, 0.1) is 16.8 Å². The van der Waals surface area contributed by atoms with Crippen LogP contribution in [0.15, 0.2) is 192 Å². The van der Waals surface area contributed by atoms with Crippen molar-refractivity contribution in [3.8, 4) is 11.1 Å². The monoisotopic (exact) mass is 625 g/mol. The van der Waals surface area contributed by atoms with E-state index in [0.29, 0.717) is 0 Å². The van der Waals surface area contributed by atoms with Gasteiger partial charge in [0.15, 0.2) is 5.58 Å². The van der Waals surface area contributed by atoms with Crippen LogP contribution in [0, 0.1) is 0 Å². The molecule has 0 fully saturated rings. The van der Waals surface area contributed by atoms with Crippen LogP contribution in [0.3, 0.4) is 0 Å². The third kappa shape index (κ3) is 3.95. The van der Waals surface area contributed by atoms with Crippen LogP contribution in [-0.4, -0.2) is 0 Å². The van der Waals surface area contributed by atoms with Crippen molar-refractivity contribution in [2.45, 2.75) is 5.41 Å². The fraction of sp³-hybridized carbons (Fsp3) is 0.0213. The summed E-state index contributed by atoms with van der Waals surface area (Å²) in [6.45, 7) is 0. The number of rotatable bonds is 5. The van der Waals surface area contributed by atoms with E-state index in [2.05, 4.69) is 193 Å². The van der Waals surface area contributed by atoms with Crippen LogP contribution < -0.4 is 4.90 Å². The normalized spacial score (nSPS) is 13.1. The highest BCUT2D eigenvalue weighted by atomic mass is 16.3. The first-order chi connectivity index (χ1) is 24.3. The molecule has 1 aliphatic rings. The van der Waals surface area contributed by atoms with Crippen molar-refractivity contribution in [3.63, 3.8) is 0 Å². The first kappa shape index (κ1) is 27.7. The van der Waals surface area contributed by atoms with Crippen LogP contribution in [0.25, 0.3) is 43.8 Å². The lowest BCUT2D eigenvalue weighted by Gasteiger charge is -2.35. The second-order valence-corrected chi connectivity index (χ2v) is 12.8. The maximum absolute atomic E-state index is 7.03. The SMILES string of the molecule is c1ccc(N(c2cccc3ccccc23)c2ccc(C3(c4ccccc4)c4ccccc4-c4ccccc43)c3c2oc2ccccc23)cc1. The summed E-state index contributed by atoms with van der Waals surface area (Å²) < 4.78 is 7.03. The summed E-state index contributed by atoms with van der Waals surface area (Å²) in [4.78, 5) is 2.36. The second-order valence-electron chi connectivity index (χ2n) is 12.8. The Bertz CT molecular complexity index is 2620. The molecule has 1 aliphatic carbocycles. The molecule has 0 saturated heterocycles. The largest absolute Gasteiger partial charge is 0.454 e. The van der Waals surface area contributed by atoms with E-state index in [4.69, 9.17) is 4.42 Å². The van der Waals surface area contributed by atoms with Gasteiger partial charge in [-0.15, -0.1) is 0 Å². The Balaban J connectivity index is 1.37. The molecule has 0 amide bonds. The molecular weight excluding hydrogens is 595 g/mol. The molecule has 0 saturated carbocycles. The first-order valence-electron chi connectivity index (χ1n) is 16.9. The van der Waals surface area contributed by atoms with Crippen LogP contribution >= 0.6 is 0 Å². The van der Waals surface area contributed by atoms with Gasteiger partial charge in [0, 0.05) is 21.8 Å². The molecule has 0 aliphatic heterocycles. The highest BCUT2D eigenvalue weighted by Crippen LogP contribution is 2.59. The smallest absolute Gasteiger partial charge is 0.159 e. The molecule has 49 heavy (non-hydrogen) atoms. The van der Waals surface area contributed by atoms with Crippen molar-refractivity contribution in [1.29, 1.82) is 0 Å². The zero-order valence-corrected chi connectivity index (χ0v) is 26.8. The van der Waals surface area contributed by atoms with Gasteiger partial charge >= 0.3 is 0 Å². The van der Waals surface area contributed by atoms with Gasteiger partial charge < -0.3 is 9.32 Å². The first-order valence-corrected chi connectivity index (χ1v) is 16.9. The standard InChI is InChI=1S/C47H31NO/c1-3-18-33(19-4-1)47(39-26-12-9-23-36(39)37-24-10-13-27-40(37)47)41-30-31-43(46-45(41)38-25-11-14-29-44(38)49-46)48(34-20-5-2-6-21-34)42-28-15-17-32-16-7-8-22-35(32)42/h1-31H. The van der Waals surface area contributed by atoms with Gasteiger partial charge in [0.2, 0.25) is 0 Å². The molecule has 8 aromatic carbocycles. The Morgan fingerprint density at radius 1 is 0.408 bits per heavy atom. The summed E-state index contributed by atoms with van der Waals surface area (Å²) >= 11 is 0. The zero-order chi connectivity index (χ0) is 32.4. The molecule has 2 heteroatoms. The van der Waals surface area contributed by atoms with E-state index in [9.17, 15) is 0 Å². The molecule has 0 atom stereocenters. The van der Waals surface area contributed by atoms with Gasteiger partial charge in [-0.25, -0.2) is 0 Å². The van der Waals surface area contributed by atoms with Crippen molar-refractivity contribution in [1.82, 2.24) is 0 Å². The van der Waals surface area contributed by atoms with Gasteiger partial charge in [-0.05, 0) is 69.1 Å². The van der Waals surface area contributed by atoms with E-state index in [0.717, 1.165) is 39.0 Å². The maximum Gasteiger partial charge on any atom is 0.159 e. The summed E-state index contributed by atoms with van der Waals surface area (Å²) in [7, 11) is 0. The molecule has 1 heterocycles. The third-order valence-corrected chi connectivity index (χ3v) is 10.3. The number of furan rings is 1. The Morgan fingerprint density at radius 3 is 1.76 bits per heavy atom. The minimum absolute atomic E-state index is 0.561. The van der Waals surface area contributed by atoms with Crippen LogP contribution in [0.2, 0.25) is 0 Å². The van der Waals surface area contributed by atoms with Gasteiger partial charge in [-0.3, -0.25) is 0 Å². The molecule has 1 aromatic heterocycles. The minimum Gasteiger partial charge on any atom is -0.454 e. The Kier molecular flexibility index (Phi) is 6.13. The Hall–Kier alpha value is -6.38. The quantitative estimate of drug-likeness (QED) is 0.189. The molecule has 0 spiro atoms. The number of fused-ring (bicyclic) bond motifs is 7. The summed E-state index contributed by atoms with van der Waals surface area (Å²) in [6, 6.07) is 67.8. The van der Waals surface area contributed by atoms with E-state index < -0.39 is 5.41 Å². The van der Waals surface area contributed by atoms with Gasteiger partial charge in [-0.2, -0.15) is 0 Å². The van der Waals surface area contributed by atoms with E-state index in [-0.39, 0.29) is 0 Å². The Labute approximate surface area is 285 Å². The molecular formula is C47H31NO. The van der Waals surface area contributed by atoms with E-state index in [1.165, 1.54) is 44.2 Å². The molecule has 10 rings (SSSR count). The van der Waals surface area contributed by atoms with Crippen molar-refractivity contribution < 1.29 is 4.42 Å². The second kappa shape index (κ2) is 10.8. The summed E-state index contributed by atoms with van der Waals surface area (Å²) in [5.41, 5.74) is 11.9. The van der Waals surface area contributed by atoms with Gasteiger partial charge in [0.25, 0.3) is 0 Å². The molecule has 2 nitrogen and oxygen atoms in total. The van der Waals surface area contributed by atoms with Crippen LogP contribution in [0.4, 0.5) is 17.1 Å². The minimum atomic E-state index is -0.561. The zero-order valence-electron chi connectivity index (χ0n) is 26.8. The lowest BCUT2D eigenvalue weighted by atomic mass is 9.66. The molecule has 230 valence electrons. The van der Waals surface area contributed by atoms with Crippen LogP contribution in [-0.2, 0) is 5.41 Å².